The van der Waals surface area contributed by atoms with Crippen LogP contribution in [0.2, 0.25) is 0 Å². The lowest BCUT2D eigenvalue weighted by molar-refractivity contribution is -0.141. The number of ether oxygens (including phenoxy) is 2. The fourth-order valence-electron chi connectivity index (χ4n) is 3.20. The zero-order valence-electron chi connectivity index (χ0n) is 17.0. The molecule has 0 aliphatic carbocycles. The average molecular weight is 388 g/mol. The number of hydrogen-bond acceptors (Lipinski definition) is 5. The second-order valence-corrected chi connectivity index (χ2v) is 6.84. The van der Waals surface area contributed by atoms with Crippen molar-refractivity contribution in [1.29, 1.82) is 0 Å². The van der Waals surface area contributed by atoms with E-state index < -0.39 is 17.6 Å². The van der Waals surface area contributed by atoms with Crippen molar-refractivity contribution in [3.63, 3.8) is 0 Å². The van der Waals surface area contributed by atoms with Gasteiger partial charge in [0.15, 0.2) is 0 Å². The van der Waals surface area contributed by atoms with E-state index in [-0.39, 0.29) is 18.9 Å². The van der Waals surface area contributed by atoms with Crippen molar-refractivity contribution in [2.75, 3.05) is 33.2 Å². The molecule has 1 heterocycles. The molecule has 2 aromatic rings. The van der Waals surface area contributed by atoms with Crippen LogP contribution in [0.3, 0.4) is 0 Å². The largest absolute Gasteiger partial charge is 0.495 e. The SMILES string of the molecule is CNc1ccc(C(C)C)c(-c2cc(=O)n(C(CCOC)C(=O)O)cc2OC)c1. The highest BCUT2D eigenvalue weighted by Crippen LogP contribution is 2.36. The minimum atomic E-state index is -1.09. The van der Waals surface area contributed by atoms with E-state index >= 15 is 0 Å². The van der Waals surface area contributed by atoms with Crippen LogP contribution < -0.4 is 15.6 Å². The molecular weight excluding hydrogens is 360 g/mol. The van der Waals surface area contributed by atoms with Crippen LogP contribution >= 0.6 is 0 Å². The quantitative estimate of drug-likeness (QED) is 0.685. The third-order valence-electron chi connectivity index (χ3n) is 4.73. The Morgan fingerprint density at radius 1 is 1.21 bits per heavy atom. The molecule has 0 aliphatic heterocycles. The lowest BCUT2D eigenvalue weighted by Gasteiger charge is -2.20. The third-order valence-corrected chi connectivity index (χ3v) is 4.73. The number of nitrogens with one attached hydrogen (secondary N) is 1. The molecule has 0 aliphatic rings. The summed E-state index contributed by atoms with van der Waals surface area (Å²) in [7, 11) is 4.83. The van der Waals surface area contributed by atoms with Crippen molar-refractivity contribution < 1.29 is 19.4 Å². The van der Waals surface area contributed by atoms with Crippen LogP contribution in [0.1, 0.15) is 37.8 Å². The zero-order chi connectivity index (χ0) is 20.8. The number of anilines is 1. The van der Waals surface area contributed by atoms with Crippen LogP contribution in [0, 0.1) is 0 Å². The van der Waals surface area contributed by atoms with Gasteiger partial charge in [0.05, 0.1) is 13.3 Å². The number of aromatic nitrogens is 1. The van der Waals surface area contributed by atoms with Gasteiger partial charge in [-0.15, -0.1) is 0 Å². The Morgan fingerprint density at radius 3 is 2.46 bits per heavy atom. The van der Waals surface area contributed by atoms with E-state index in [9.17, 15) is 14.7 Å². The number of methoxy groups -OCH3 is 2. The van der Waals surface area contributed by atoms with Crippen LogP contribution in [-0.2, 0) is 9.53 Å². The molecule has 2 rings (SSSR count). The number of nitrogens with zero attached hydrogens (tertiary/aromatic N) is 1. The molecule has 28 heavy (non-hydrogen) atoms. The molecule has 0 radical (unpaired) electrons. The van der Waals surface area contributed by atoms with Crippen molar-refractivity contribution in [1.82, 2.24) is 4.57 Å². The first-order chi connectivity index (χ1) is 13.3. The molecule has 0 amide bonds. The van der Waals surface area contributed by atoms with Crippen LogP contribution in [-0.4, -0.2) is 43.5 Å². The highest BCUT2D eigenvalue weighted by atomic mass is 16.5. The summed E-state index contributed by atoms with van der Waals surface area (Å²) in [6, 6.07) is 6.40. The van der Waals surface area contributed by atoms with E-state index in [0.29, 0.717) is 11.3 Å². The van der Waals surface area contributed by atoms with E-state index in [4.69, 9.17) is 9.47 Å². The average Bonchev–Trinajstić information content (AvgIpc) is 2.68. The Balaban J connectivity index is 2.67. The number of pyridine rings is 1. The Kier molecular flexibility index (Phi) is 7.23. The lowest BCUT2D eigenvalue weighted by Crippen LogP contribution is -2.30. The van der Waals surface area contributed by atoms with Gasteiger partial charge in [-0.05, 0) is 29.2 Å². The van der Waals surface area contributed by atoms with E-state index in [1.807, 2.05) is 25.2 Å². The van der Waals surface area contributed by atoms with Crippen LogP contribution in [0.5, 0.6) is 5.75 Å². The molecule has 1 unspecified atom stereocenters. The van der Waals surface area contributed by atoms with Crippen molar-refractivity contribution in [2.45, 2.75) is 32.2 Å². The van der Waals surface area contributed by atoms with Gasteiger partial charge in [0.25, 0.3) is 5.56 Å². The summed E-state index contributed by atoms with van der Waals surface area (Å²) in [5.41, 5.74) is 3.11. The molecule has 0 saturated carbocycles. The molecule has 1 aromatic heterocycles. The fourth-order valence-corrected chi connectivity index (χ4v) is 3.20. The second-order valence-electron chi connectivity index (χ2n) is 6.84. The molecule has 7 heteroatoms. The molecule has 0 saturated heterocycles. The molecular formula is C21H28N2O5. The molecule has 1 aromatic carbocycles. The lowest BCUT2D eigenvalue weighted by atomic mass is 9.92. The van der Waals surface area contributed by atoms with Crippen molar-refractivity contribution in [3.8, 4) is 16.9 Å². The number of rotatable bonds is 9. The second kappa shape index (κ2) is 9.41. The van der Waals surface area contributed by atoms with Gasteiger partial charge >= 0.3 is 5.97 Å². The predicted octanol–water partition coefficient (Wildman–Crippen LogP) is 3.35. The third kappa shape index (κ3) is 4.54. The van der Waals surface area contributed by atoms with Gasteiger partial charge in [0.2, 0.25) is 0 Å². The smallest absolute Gasteiger partial charge is 0.326 e. The summed E-state index contributed by atoms with van der Waals surface area (Å²) in [4.78, 5) is 24.5. The molecule has 152 valence electrons. The van der Waals surface area contributed by atoms with E-state index in [2.05, 4.69) is 19.2 Å². The van der Waals surface area contributed by atoms with Crippen LogP contribution in [0.15, 0.2) is 35.3 Å². The number of carbonyl (C=O) groups is 1. The van der Waals surface area contributed by atoms with Gasteiger partial charge < -0.3 is 19.9 Å². The Hall–Kier alpha value is -2.80. The summed E-state index contributed by atoms with van der Waals surface area (Å²) in [5.74, 6) is -0.408. The number of carboxylic acids is 1. The highest BCUT2D eigenvalue weighted by molar-refractivity contribution is 5.77. The van der Waals surface area contributed by atoms with Gasteiger partial charge in [0, 0.05) is 44.5 Å². The summed E-state index contributed by atoms with van der Waals surface area (Å²) in [6.45, 7) is 4.39. The number of hydrogen-bond donors (Lipinski definition) is 2. The van der Waals surface area contributed by atoms with Gasteiger partial charge in [-0.3, -0.25) is 9.36 Å². The van der Waals surface area contributed by atoms with E-state index in [1.54, 1.807) is 0 Å². The van der Waals surface area contributed by atoms with Gasteiger partial charge in [-0.2, -0.15) is 0 Å². The molecule has 1 atom stereocenters. The minimum absolute atomic E-state index is 0.181. The van der Waals surface area contributed by atoms with Gasteiger partial charge in [0.1, 0.15) is 11.8 Å². The summed E-state index contributed by atoms with van der Waals surface area (Å²) < 4.78 is 11.7. The molecule has 0 fully saturated rings. The number of carboxylic acid groups (broad SMARTS) is 1. The van der Waals surface area contributed by atoms with Gasteiger partial charge in [-0.25, -0.2) is 4.79 Å². The van der Waals surface area contributed by atoms with Crippen molar-refractivity contribution in [2.24, 2.45) is 0 Å². The molecule has 2 N–H and O–H groups in total. The zero-order valence-corrected chi connectivity index (χ0v) is 17.0. The molecule has 0 bridgehead atoms. The molecule has 0 spiro atoms. The first-order valence-electron chi connectivity index (χ1n) is 9.18. The Morgan fingerprint density at radius 2 is 1.93 bits per heavy atom. The summed E-state index contributed by atoms with van der Waals surface area (Å²) >= 11 is 0. The number of aliphatic carboxylic acids is 1. The maximum absolute atomic E-state index is 12.8. The van der Waals surface area contributed by atoms with Crippen molar-refractivity contribution >= 4 is 11.7 Å². The van der Waals surface area contributed by atoms with E-state index in [0.717, 1.165) is 16.8 Å². The number of benzene rings is 1. The summed E-state index contributed by atoms with van der Waals surface area (Å²) in [5, 5.41) is 12.7. The maximum Gasteiger partial charge on any atom is 0.326 e. The van der Waals surface area contributed by atoms with Gasteiger partial charge in [-0.1, -0.05) is 19.9 Å². The first kappa shape index (κ1) is 21.5. The summed E-state index contributed by atoms with van der Waals surface area (Å²) in [6.07, 6.45) is 1.66. The normalized spacial score (nSPS) is 12.1. The minimum Gasteiger partial charge on any atom is -0.495 e. The first-order valence-corrected chi connectivity index (χ1v) is 9.18. The Bertz CT molecular complexity index is 889. The standard InChI is InChI=1S/C21H28N2O5/c1-13(2)15-7-6-14(22-3)10-16(15)17-11-20(24)23(12-19(17)28-5)18(21(25)26)8-9-27-4/h6-7,10-13,18,22H,8-9H2,1-5H3,(H,25,26). The van der Waals surface area contributed by atoms with Crippen LogP contribution in [0.4, 0.5) is 5.69 Å². The maximum atomic E-state index is 12.8. The van der Waals surface area contributed by atoms with E-state index in [1.165, 1.54) is 31.0 Å². The highest BCUT2D eigenvalue weighted by Gasteiger charge is 2.23. The topological polar surface area (TPSA) is 89.8 Å². The van der Waals surface area contributed by atoms with Crippen LogP contribution in [0.25, 0.3) is 11.1 Å². The Labute approximate surface area is 164 Å². The van der Waals surface area contributed by atoms with Crippen molar-refractivity contribution in [3.05, 3.63) is 46.4 Å². The predicted molar refractivity (Wildman–Crippen MR) is 109 cm³/mol. The molecule has 7 nitrogen and oxygen atoms in total. The monoisotopic (exact) mass is 388 g/mol. The fraction of sp³-hybridized carbons (Fsp3) is 0.429.